The monoisotopic (exact) mass is 368 g/mol. The van der Waals surface area contributed by atoms with Crippen molar-refractivity contribution in [3.05, 3.63) is 59.4 Å². The maximum absolute atomic E-state index is 6.07. The number of rotatable bonds is 5. The molecule has 1 fully saturated rings. The van der Waals surface area contributed by atoms with Crippen molar-refractivity contribution in [3.8, 4) is 0 Å². The van der Waals surface area contributed by atoms with E-state index in [1.165, 1.54) is 5.56 Å². The van der Waals surface area contributed by atoms with Crippen molar-refractivity contribution < 1.29 is 0 Å². The molecule has 3 N–H and O–H groups in total. The zero-order valence-electron chi connectivity index (χ0n) is 14.7. The molecular weight excluding hydrogens is 344 g/mol. The number of guanidine groups is 1. The van der Waals surface area contributed by atoms with Crippen LogP contribution in [0.1, 0.15) is 24.1 Å². The van der Waals surface area contributed by atoms with E-state index in [0.717, 1.165) is 43.1 Å². The minimum absolute atomic E-state index is 0.399. The predicted molar refractivity (Wildman–Crippen MR) is 106 cm³/mol. The molecule has 1 aromatic carbocycles. The molecule has 0 bridgehead atoms. The molecule has 0 radical (unpaired) electrons. The molecule has 1 saturated heterocycles. The van der Waals surface area contributed by atoms with Gasteiger partial charge in [-0.25, -0.2) is 9.98 Å². The summed E-state index contributed by atoms with van der Waals surface area (Å²) in [6, 6.07) is 11.0. The van der Waals surface area contributed by atoms with Crippen LogP contribution in [0.3, 0.4) is 0 Å². The van der Waals surface area contributed by atoms with Gasteiger partial charge in [-0.1, -0.05) is 30.3 Å². The number of piperidine rings is 1. The number of imidazole rings is 1. The van der Waals surface area contributed by atoms with Crippen molar-refractivity contribution in [1.29, 1.82) is 0 Å². The van der Waals surface area contributed by atoms with Crippen molar-refractivity contribution in [3.63, 3.8) is 0 Å². The van der Waals surface area contributed by atoms with Gasteiger partial charge in [0, 0.05) is 43.4 Å². The highest BCUT2D eigenvalue weighted by Gasteiger charge is 2.19. The van der Waals surface area contributed by atoms with Gasteiger partial charge in [-0.05, 0) is 18.4 Å². The molecule has 2 aromatic heterocycles. The Morgan fingerprint density at radius 1 is 1.27 bits per heavy atom. The standard InChI is InChI=1S/C19H24N6S/c20-18(21-12-17-14-25-10-11-26-19(25)23-17)22-16-6-8-24(9-7-16)13-15-4-2-1-3-5-15/h1-5,10-11,14,16H,6-9,12-13H2,(H3,20,21,22). The molecule has 4 rings (SSSR count). The normalized spacial score (nSPS) is 17.0. The van der Waals surface area contributed by atoms with Crippen LogP contribution >= 0.6 is 11.3 Å². The summed E-state index contributed by atoms with van der Waals surface area (Å²) in [5.74, 6) is 0.517. The summed E-state index contributed by atoms with van der Waals surface area (Å²) in [5.41, 5.74) is 8.39. The van der Waals surface area contributed by atoms with Crippen molar-refractivity contribution in [2.75, 3.05) is 13.1 Å². The summed E-state index contributed by atoms with van der Waals surface area (Å²) in [6.07, 6.45) is 6.18. The first kappa shape index (κ1) is 17.1. The van der Waals surface area contributed by atoms with Gasteiger partial charge in [0.05, 0.1) is 12.2 Å². The molecule has 0 saturated carbocycles. The Morgan fingerprint density at radius 3 is 2.85 bits per heavy atom. The van der Waals surface area contributed by atoms with Crippen LogP contribution in [0, 0.1) is 0 Å². The molecule has 0 atom stereocenters. The van der Waals surface area contributed by atoms with Crippen LogP contribution in [-0.4, -0.2) is 39.4 Å². The summed E-state index contributed by atoms with van der Waals surface area (Å²) in [6.45, 7) is 3.70. The van der Waals surface area contributed by atoms with Gasteiger partial charge in [-0.2, -0.15) is 0 Å². The van der Waals surface area contributed by atoms with Gasteiger partial charge in [0.15, 0.2) is 10.9 Å². The highest BCUT2D eigenvalue weighted by atomic mass is 32.1. The lowest BCUT2D eigenvalue weighted by Gasteiger charge is -2.32. The molecule has 3 aromatic rings. The Bertz CT molecular complexity index is 832. The fourth-order valence-corrected chi connectivity index (χ4v) is 4.07. The van der Waals surface area contributed by atoms with E-state index < -0.39 is 0 Å². The zero-order chi connectivity index (χ0) is 17.8. The van der Waals surface area contributed by atoms with E-state index in [4.69, 9.17) is 5.73 Å². The summed E-state index contributed by atoms with van der Waals surface area (Å²) in [4.78, 5) is 12.5. The van der Waals surface area contributed by atoms with Crippen molar-refractivity contribution in [2.24, 2.45) is 10.7 Å². The van der Waals surface area contributed by atoms with Crippen molar-refractivity contribution in [2.45, 2.75) is 32.0 Å². The third-order valence-corrected chi connectivity index (χ3v) is 5.51. The second kappa shape index (κ2) is 7.88. The van der Waals surface area contributed by atoms with Crippen LogP contribution in [0.5, 0.6) is 0 Å². The number of hydrogen-bond acceptors (Lipinski definition) is 4. The van der Waals surface area contributed by atoms with E-state index >= 15 is 0 Å². The van der Waals surface area contributed by atoms with E-state index in [1.54, 1.807) is 11.3 Å². The maximum Gasteiger partial charge on any atom is 0.193 e. The van der Waals surface area contributed by atoms with E-state index in [9.17, 15) is 0 Å². The number of aromatic nitrogens is 2. The summed E-state index contributed by atoms with van der Waals surface area (Å²) >= 11 is 1.62. The molecule has 0 spiro atoms. The Kier molecular flexibility index (Phi) is 5.17. The van der Waals surface area contributed by atoms with Crippen LogP contribution in [0.15, 0.2) is 53.1 Å². The Morgan fingerprint density at radius 2 is 2.08 bits per heavy atom. The molecule has 6 nitrogen and oxygen atoms in total. The summed E-state index contributed by atoms with van der Waals surface area (Å²) in [5, 5.41) is 5.39. The predicted octanol–water partition coefficient (Wildman–Crippen LogP) is 2.46. The third-order valence-electron chi connectivity index (χ3n) is 4.74. The highest BCUT2D eigenvalue weighted by Crippen LogP contribution is 2.14. The number of hydrogen-bond donors (Lipinski definition) is 2. The first-order valence-electron chi connectivity index (χ1n) is 9.00. The number of nitrogens with two attached hydrogens (primary N) is 1. The maximum atomic E-state index is 6.07. The van der Waals surface area contributed by atoms with Crippen LogP contribution in [0.2, 0.25) is 0 Å². The van der Waals surface area contributed by atoms with E-state index in [2.05, 4.69) is 50.5 Å². The van der Waals surface area contributed by atoms with Gasteiger partial charge >= 0.3 is 0 Å². The highest BCUT2D eigenvalue weighted by molar-refractivity contribution is 7.15. The minimum Gasteiger partial charge on any atom is -0.370 e. The molecule has 1 aliphatic rings. The van der Waals surface area contributed by atoms with Crippen LogP contribution in [0.25, 0.3) is 4.96 Å². The van der Waals surface area contributed by atoms with Gasteiger partial charge in [-0.3, -0.25) is 9.30 Å². The van der Waals surface area contributed by atoms with Crippen LogP contribution in [0.4, 0.5) is 0 Å². The molecule has 0 aliphatic carbocycles. The molecule has 1 aliphatic heterocycles. The summed E-state index contributed by atoms with van der Waals surface area (Å²) in [7, 11) is 0. The van der Waals surface area contributed by atoms with Crippen molar-refractivity contribution >= 4 is 22.3 Å². The first-order valence-corrected chi connectivity index (χ1v) is 9.88. The smallest absolute Gasteiger partial charge is 0.193 e. The number of aliphatic imine (C=N–C) groups is 1. The Balaban J connectivity index is 1.23. The molecule has 26 heavy (non-hydrogen) atoms. The van der Waals surface area contributed by atoms with Gasteiger partial charge in [0.1, 0.15) is 0 Å². The Hall–Kier alpha value is -2.38. The van der Waals surface area contributed by atoms with Gasteiger partial charge in [0.2, 0.25) is 0 Å². The average Bonchev–Trinajstić information content (AvgIpc) is 3.24. The zero-order valence-corrected chi connectivity index (χ0v) is 15.5. The molecule has 0 unspecified atom stereocenters. The number of benzene rings is 1. The molecule has 3 heterocycles. The quantitative estimate of drug-likeness (QED) is 0.536. The second-order valence-corrected chi connectivity index (χ2v) is 7.58. The fraction of sp³-hybridized carbons (Fsp3) is 0.368. The number of likely N-dealkylation sites (tertiary alicyclic amines) is 1. The Labute approximate surface area is 157 Å². The topological polar surface area (TPSA) is 70.9 Å². The molecule has 0 amide bonds. The van der Waals surface area contributed by atoms with Crippen LogP contribution in [-0.2, 0) is 13.1 Å². The van der Waals surface area contributed by atoms with Gasteiger partial charge in [0.25, 0.3) is 0 Å². The lowest BCUT2D eigenvalue weighted by Crippen LogP contribution is -2.46. The van der Waals surface area contributed by atoms with Crippen molar-refractivity contribution in [1.82, 2.24) is 19.6 Å². The van der Waals surface area contributed by atoms with E-state index in [-0.39, 0.29) is 0 Å². The average molecular weight is 369 g/mol. The molecular formula is C19H24N6S. The molecule has 7 heteroatoms. The minimum atomic E-state index is 0.399. The van der Waals surface area contributed by atoms with Gasteiger partial charge in [-0.15, -0.1) is 11.3 Å². The number of nitrogens with one attached hydrogen (secondary N) is 1. The fourth-order valence-electron chi connectivity index (χ4n) is 3.35. The largest absolute Gasteiger partial charge is 0.370 e. The number of fused-ring (bicyclic) bond motifs is 1. The first-order chi connectivity index (χ1) is 12.8. The second-order valence-electron chi connectivity index (χ2n) is 6.71. The van der Waals surface area contributed by atoms with Gasteiger partial charge < -0.3 is 11.1 Å². The third kappa shape index (κ3) is 4.23. The lowest BCUT2D eigenvalue weighted by atomic mass is 10.0. The number of thiazole rings is 1. The number of nitrogens with zero attached hydrogens (tertiary/aromatic N) is 4. The van der Waals surface area contributed by atoms with Crippen LogP contribution < -0.4 is 11.1 Å². The SMILES string of the molecule is NC(=NCc1cn2ccsc2n1)NC1CCN(Cc2ccccc2)CC1. The van der Waals surface area contributed by atoms with E-state index in [1.807, 2.05) is 22.2 Å². The summed E-state index contributed by atoms with van der Waals surface area (Å²) < 4.78 is 2.02. The molecule has 136 valence electrons. The lowest BCUT2D eigenvalue weighted by molar-refractivity contribution is 0.199. The van der Waals surface area contributed by atoms with E-state index in [0.29, 0.717) is 18.5 Å².